The van der Waals surface area contributed by atoms with E-state index in [0.29, 0.717) is 60.2 Å². The van der Waals surface area contributed by atoms with Crippen LogP contribution in [0.4, 0.5) is 5.82 Å². The number of anilines is 1. The molecule has 1 atom stereocenters. The SMILES string of the molecule is COc1cccc(C(=O)N2CCN(c3cc(Cl)nc(SCC(=O)N4CCN(C(c5ccccc5)c5ccccc5)CC4)n3)CC2C)c1. The highest BCUT2D eigenvalue weighted by Crippen LogP contribution is 2.30. The number of aromatic nitrogens is 2. The Balaban J connectivity index is 1.04. The minimum Gasteiger partial charge on any atom is -0.497 e. The van der Waals surface area contributed by atoms with E-state index in [1.54, 1.807) is 19.2 Å². The van der Waals surface area contributed by atoms with Crippen molar-refractivity contribution in [1.29, 1.82) is 0 Å². The van der Waals surface area contributed by atoms with Gasteiger partial charge in [-0.3, -0.25) is 14.5 Å². The lowest BCUT2D eigenvalue weighted by Crippen LogP contribution is -2.54. The predicted octanol–water partition coefficient (Wildman–Crippen LogP) is 5.52. The van der Waals surface area contributed by atoms with Gasteiger partial charge in [-0.1, -0.05) is 90.1 Å². The molecule has 4 aromatic rings. The molecule has 2 aliphatic heterocycles. The molecule has 0 aliphatic carbocycles. The monoisotopic (exact) mass is 670 g/mol. The van der Waals surface area contributed by atoms with Gasteiger partial charge < -0.3 is 19.4 Å². The number of ether oxygens (including phenoxy) is 1. The van der Waals surface area contributed by atoms with Gasteiger partial charge in [-0.25, -0.2) is 9.97 Å². The molecule has 0 N–H and O–H groups in total. The number of methoxy groups -OCH3 is 1. The minimum atomic E-state index is -0.0454. The third-order valence-corrected chi connectivity index (χ3v) is 9.80. The number of hydrogen-bond acceptors (Lipinski definition) is 8. The van der Waals surface area contributed by atoms with Crippen LogP contribution in [0.25, 0.3) is 0 Å². The molecule has 9 nitrogen and oxygen atoms in total. The van der Waals surface area contributed by atoms with Gasteiger partial charge in [0.15, 0.2) is 5.16 Å². The van der Waals surface area contributed by atoms with Crippen LogP contribution in [0.3, 0.4) is 0 Å². The summed E-state index contributed by atoms with van der Waals surface area (Å²) in [6, 6.07) is 30.2. The lowest BCUT2D eigenvalue weighted by atomic mass is 9.96. The summed E-state index contributed by atoms with van der Waals surface area (Å²) in [4.78, 5) is 44.1. The van der Waals surface area contributed by atoms with Gasteiger partial charge in [0.2, 0.25) is 5.91 Å². The molecule has 47 heavy (non-hydrogen) atoms. The fourth-order valence-corrected chi connectivity index (χ4v) is 7.32. The number of carbonyl (C=O) groups excluding carboxylic acids is 2. The van der Waals surface area contributed by atoms with Crippen LogP contribution in [0, 0.1) is 0 Å². The molecule has 2 amide bonds. The maximum absolute atomic E-state index is 13.3. The first kappa shape index (κ1) is 32.8. The Morgan fingerprint density at radius 2 is 1.55 bits per heavy atom. The first-order valence-electron chi connectivity index (χ1n) is 15.9. The average molecular weight is 671 g/mol. The van der Waals surface area contributed by atoms with Gasteiger partial charge in [-0.15, -0.1) is 0 Å². The van der Waals surface area contributed by atoms with E-state index < -0.39 is 0 Å². The Hall–Kier alpha value is -4.12. The number of amides is 2. The highest BCUT2D eigenvalue weighted by atomic mass is 35.5. The zero-order chi connectivity index (χ0) is 32.8. The topological polar surface area (TPSA) is 82.1 Å². The van der Waals surface area contributed by atoms with Crippen molar-refractivity contribution in [3.63, 3.8) is 0 Å². The van der Waals surface area contributed by atoms with Crippen LogP contribution in [0.1, 0.15) is 34.5 Å². The number of halogens is 1. The lowest BCUT2D eigenvalue weighted by molar-refractivity contribution is -0.130. The quantitative estimate of drug-likeness (QED) is 0.131. The molecule has 11 heteroatoms. The highest BCUT2D eigenvalue weighted by Gasteiger charge is 2.30. The summed E-state index contributed by atoms with van der Waals surface area (Å²) >= 11 is 7.74. The molecular formula is C36H39ClN6O3S. The molecule has 0 bridgehead atoms. The van der Waals surface area contributed by atoms with Crippen LogP contribution in [0.2, 0.25) is 5.15 Å². The van der Waals surface area contributed by atoms with Gasteiger partial charge in [0.25, 0.3) is 5.91 Å². The number of piperazine rings is 2. The van der Waals surface area contributed by atoms with E-state index in [9.17, 15) is 9.59 Å². The van der Waals surface area contributed by atoms with Crippen LogP contribution >= 0.6 is 23.4 Å². The second-order valence-electron chi connectivity index (χ2n) is 11.8. The summed E-state index contributed by atoms with van der Waals surface area (Å²) in [5.41, 5.74) is 3.11. The third kappa shape index (κ3) is 7.89. The van der Waals surface area contributed by atoms with E-state index in [0.717, 1.165) is 13.1 Å². The molecule has 3 heterocycles. The van der Waals surface area contributed by atoms with Gasteiger partial charge in [0.1, 0.15) is 16.7 Å². The maximum atomic E-state index is 13.3. The molecule has 1 aromatic heterocycles. The number of thioether (sulfide) groups is 1. The summed E-state index contributed by atoms with van der Waals surface area (Å²) in [5, 5.41) is 0.796. The van der Waals surface area contributed by atoms with Gasteiger partial charge in [-0.05, 0) is 36.2 Å². The second kappa shape index (κ2) is 15.2. The van der Waals surface area contributed by atoms with Crippen LogP contribution < -0.4 is 9.64 Å². The van der Waals surface area contributed by atoms with Crippen molar-refractivity contribution in [2.24, 2.45) is 0 Å². The molecule has 1 unspecified atom stereocenters. The largest absolute Gasteiger partial charge is 0.497 e. The summed E-state index contributed by atoms with van der Waals surface area (Å²) in [6.45, 7) is 6.67. The summed E-state index contributed by atoms with van der Waals surface area (Å²) in [7, 11) is 1.59. The Morgan fingerprint density at radius 1 is 0.872 bits per heavy atom. The lowest BCUT2D eigenvalue weighted by Gasteiger charge is -2.40. The van der Waals surface area contributed by atoms with Crippen molar-refractivity contribution in [1.82, 2.24) is 24.7 Å². The van der Waals surface area contributed by atoms with Crippen LogP contribution in [-0.2, 0) is 4.79 Å². The molecule has 2 saturated heterocycles. The van der Waals surface area contributed by atoms with Gasteiger partial charge in [0, 0.05) is 63.5 Å². The van der Waals surface area contributed by atoms with E-state index in [-0.39, 0.29) is 29.7 Å². The average Bonchev–Trinajstić information content (AvgIpc) is 3.11. The van der Waals surface area contributed by atoms with E-state index in [4.69, 9.17) is 21.3 Å². The Kier molecular flexibility index (Phi) is 10.6. The number of hydrogen-bond donors (Lipinski definition) is 0. The molecule has 2 aliphatic rings. The van der Waals surface area contributed by atoms with Crippen LogP contribution in [0.15, 0.2) is 96.2 Å². The second-order valence-corrected chi connectivity index (χ2v) is 13.1. The Bertz CT molecular complexity index is 1630. The third-order valence-electron chi connectivity index (χ3n) is 8.78. The number of carbonyl (C=O) groups is 2. The molecule has 0 spiro atoms. The normalized spacial score (nSPS) is 17.2. The van der Waals surface area contributed by atoms with Crippen molar-refractivity contribution in [2.45, 2.75) is 24.2 Å². The van der Waals surface area contributed by atoms with Crippen molar-refractivity contribution in [2.75, 3.05) is 63.6 Å². The smallest absolute Gasteiger partial charge is 0.254 e. The first-order valence-corrected chi connectivity index (χ1v) is 17.2. The number of benzene rings is 3. The molecular weight excluding hydrogens is 632 g/mol. The molecule has 0 saturated carbocycles. The maximum Gasteiger partial charge on any atom is 0.254 e. The Morgan fingerprint density at radius 3 is 2.19 bits per heavy atom. The predicted molar refractivity (Wildman–Crippen MR) is 186 cm³/mol. The van der Waals surface area contributed by atoms with Crippen LogP contribution in [0.5, 0.6) is 5.75 Å². The number of rotatable bonds is 9. The molecule has 244 valence electrons. The van der Waals surface area contributed by atoms with Gasteiger partial charge >= 0.3 is 0 Å². The molecule has 2 fully saturated rings. The van der Waals surface area contributed by atoms with E-state index >= 15 is 0 Å². The minimum absolute atomic E-state index is 0.0250. The van der Waals surface area contributed by atoms with E-state index in [2.05, 4.69) is 63.3 Å². The summed E-state index contributed by atoms with van der Waals surface area (Å²) in [5.74, 6) is 1.63. The fraction of sp³-hybridized carbons (Fsp3) is 0.333. The standard InChI is InChI=1S/C36H39ClN6O3S/c1-26-24-42(20-21-43(26)35(45)29-14-9-15-30(22-29)46-2)32-23-31(37)38-36(39-32)47-25-33(44)40-16-18-41(19-17-40)34(27-10-5-3-6-11-27)28-12-7-4-8-13-28/h3-15,22-23,26,34H,16-21,24-25H2,1-2H3. The zero-order valence-electron chi connectivity index (χ0n) is 26.7. The van der Waals surface area contributed by atoms with Crippen LogP contribution in [-0.4, -0.2) is 101 Å². The van der Waals surface area contributed by atoms with Crippen molar-refractivity contribution >= 4 is 41.0 Å². The van der Waals surface area contributed by atoms with Crippen molar-refractivity contribution in [3.8, 4) is 5.75 Å². The van der Waals surface area contributed by atoms with Gasteiger partial charge in [0.05, 0.1) is 18.9 Å². The fourth-order valence-electron chi connectivity index (χ4n) is 6.33. The Labute approximate surface area is 285 Å². The molecule has 6 rings (SSSR count). The summed E-state index contributed by atoms with van der Waals surface area (Å²) in [6.07, 6.45) is 0. The summed E-state index contributed by atoms with van der Waals surface area (Å²) < 4.78 is 5.30. The van der Waals surface area contributed by atoms with E-state index in [1.165, 1.54) is 22.9 Å². The molecule has 3 aromatic carbocycles. The van der Waals surface area contributed by atoms with Crippen molar-refractivity contribution < 1.29 is 14.3 Å². The van der Waals surface area contributed by atoms with Gasteiger partial charge in [-0.2, -0.15) is 0 Å². The number of nitrogens with zero attached hydrogens (tertiary/aromatic N) is 6. The van der Waals surface area contributed by atoms with Crippen molar-refractivity contribution in [3.05, 3.63) is 113 Å². The molecule has 0 radical (unpaired) electrons. The first-order chi connectivity index (χ1) is 22.9. The highest BCUT2D eigenvalue weighted by molar-refractivity contribution is 7.99. The van der Waals surface area contributed by atoms with E-state index in [1.807, 2.05) is 47.1 Å². The zero-order valence-corrected chi connectivity index (χ0v) is 28.2.